The van der Waals surface area contributed by atoms with E-state index in [1.807, 2.05) is 18.2 Å². The number of nitrogens with one attached hydrogen (secondary N) is 2. The van der Waals surface area contributed by atoms with Gasteiger partial charge in [0.05, 0.1) is 6.61 Å². The topological polar surface area (TPSA) is 50.4 Å². The van der Waals surface area contributed by atoms with Gasteiger partial charge < -0.3 is 15.4 Å². The van der Waals surface area contributed by atoms with Gasteiger partial charge in [0, 0.05) is 25.1 Å². The molecular formula is C18H28N2O2. The number of rotatable bonds is 8. The first-order valence-electron chi connectivity index (χ1n) is 8.40. The Balaban J connectivity index is 1.50. The van der Waals surface area contributed by atoms with Crippen molar-refractivity contribution in [2.24, 2.45) is 0 Å². The summed E-state index contributed by atoms with van der Waals surface area (Å²) >= 11 is 0. The molecule has 2 rings (SSSR count). The molecule has 2 unspecified atom stereocenters. The lowest BCUT2D eigenvalue weighted by Gasteiger charge is -2.30. The fourth-order valence-electron chi connectivity index (χ4n) is 2.79. The molecule has 0 radical (unpaired) electrons. The van der Waals surface area contributed by atoms with E-state index in [-0.39, 0.29) is 11.9 Å². The third-order valence-corrected chi connectivity index (χ3v) is 4.18. The molecule has 1 aromatic rings. The first-order chi connectivity index (χ1) is 10.8. The van der Waals surface area contributed by atoms with Gasteiger partial charge in [-0.25, -0.2) is 0 Å². The van der Waals surface area contributed by atoms with E-state index in [2.05, 4.69) is 29.7 Å². The molecule has 2 N–H and O–H groups in total. The third kappa shape index (κ3) is 6.16. The molecule has 4 nitrogen and oxygen atoms in total. The highest BCUT2D eigenvalue weighted by Crippen LogP contribution is 2.08. The summed E-state index contributed by atoms with van der Waals surface area (Å²) in [6, 6.07) is 11.0. The van der Waals surface area contributed by atoms with Crippen molar-refractivity contribution in [3.63, 3.8) is 0 Å². The Labute approximate surface area is 133 Å². The number of amides is 1. The van der Waals surface area contributed by atoms with Gasteiger partial charge in [-0.2, -0.15) is 0 Å². The third-order valence-electron chi connectivity index (χ3n) is 4.18. The maximum atomic E-state index is 11.9. The van der Waals surface area contributed by atoms with Crippen LogP contribution in [-0.2, 0) is 16.0 Å². The fourth-order valence-corrected chi connectivity index (χ4v) is 2.79. The summed E-state index contributed by atoms with van der Waals surface area (Å²) in [4.78, 5) is 11.9. The van der Waals surface area contributed by atoms with E-state index in [0.717, 1.165) is 38.8 Å². The molecule has 22 heavy (non-hydrogen) atoms. The number of hydrogen-bond donors (Lipinski definition) is 2. The second kappa shape index (κ2) is 9.59. The van der Waals surface area contributed by atoms with Gasteiger partial charge in [0.15, 0.2) is 0 Å². The molecule has 0 aliphatic carbocycles. The number of benzene rings is 1. The molecule has 1 aromatic carbocycles. The zero-order valence-corrected chi connectivity index (χ0v) is 13.5. The van der Waals surface area contributed by atoms with Gasteiger partial charge in [0.1, 0.15) is 0 Å². The summed E-state index contributed by atoms with van der Waals surface area (Å²) in [6.45, 7) is 4.56. The van der Waals surface area contributed by atoms with Crippen molar-refractivity contribution in [2.45, 2.75) is 51.1 Å². The molecule has 1 aliphatic rings. The van der Waals surface area contributed by atoms with Crippen molar-refractivity contribution < 1.29 is 9.53 Å². The molecule has 0 spiro atoms. The van der Waals surface area contributed by atoms with Crippen LogP contribution < -0.4 is 10.6 Å². The van der Waals surface area contributed by atoms with Crippen molar-refractivity contribution in [1.29, 1.82) is 0 Å². The van der Waals surface area contributed by atoms with Gasteiger partial charge in [0.2, 0.25) is 5.91 Å². The summed E-state index contributed by atoms with van der Waals surface area (Å²) in [5.74, 6) is 0.146. The fraction of sp³-hybridized carbons (Fsp3) is 0.611. The summed E-state index contributed by atoms with van der Waals surface area (Å²) in [5.41, 5.74) is 1.29. The molecule has 0 saturated carbocycles. The van der Waals surface area contributed by atoms with Crippen LogP contribution in [-0.4, -0.2) is 37.7 Å². The van der Waals surface area contributed by atoms with Crippen LogP contribution >= 0.6 is 0 Å². The molecule has 1 amide bonds. The summed E-state index contributed by atoms with van der Waals surface area (Å²) in [7, 11) is 0. The molecule has 0 aromatic heterocycles. The van der Waals surface area contributed by atoms with Gasteiger partial charge in [-0.05, 0) is 44.7 Å². The van der Waals surface area contributed by atoms with Gasteiger partial charge in [-0.15, -0.1) is 0 Å². The predicted molar refractivity (Wildman–Crippen MR) is 88.8 cm³/mol. The van der Waals surface area contributed by atoms with Crippen LogP contribution in [0.2, 0.25) is 0 Å². The van der Waals surface area contributed by atoms with Gasteiger partial charge >= 0.3 is 0 Å². The molecular weight excluding hydrogens is 276 g/mol. The van der Waals surface area contributed by atoms with Crippen molar-refractivity contribution in [3.05, 3.63) is 35.9 Å². The molecule has 0 bridgehead atoms. The Morgan fingerprint density at radius 2 is 2.14 bits per heavy atom. The van der Waals surface area contributed by atoms with Crippen LogP contribution in [0.3, 0.4) is 0 Å². The van der Waals surface area contributed by atoms with E-state index in [0.29, 0.717) is 19.1 Å². The van der Waals surface area contributed by atoms with Crippen LogP contribution in [0.5, 0.6) is 0 Å². The summed E-state index contributed by atoms with van der Waals surface area (Å²) in [5, 5.41) is 6.53. The number of ether oxygens (including phenoxy) is 1. The normalized spacial score (nSPS) is 21.5. The first-order valence-corrected chi connectivity index (χ1v) is 8.40. The van der Waals surface area contributed by atoms with Gasteiger partial charge in [-0.3, -0.25) is 4.79 Å². The molecule has 1 saturated heterocycles. The Kier molecular flexibility index (Phi) is 7.40. The largest absolute Gasteiger partial charge is 0.381 e. The highest BCUT2D eigenvalue weighted by atomic mass is 16.5. The summed E-state index contributed by atoms with van der Waals surface area (Å²) in [6.07, 6.45) is 4.48. The number of piperidine rings is 1. The molecule has 122 valence electrons. The lowest BCUT2D eigenvalue weighted by Crippen LogP contribution is -2.51. The number of hydrogen-bond acceptors (Lipinski definition) is 3. The lowest BCUT2D eigenvalue weighted by atomic mass is 10.00. The number of carbonyl (C=O) groups excluding carboxylic acids is 1. The second-order valence-corrected chi connectivity index (χ2v) is 6.01. The Morgan fingerprint density at radius 1 is 1.32 bits per heavy atom. The van der Waals surface area contributed by atoms with Crippen molar-refractivity contribution >= 4 is 5.91 Å². The SMILES string of the molecule is CC1NCCCC1NC(=O)CCCOCCc1ccccc1. The zero-order chi connectivity index (χ0) is 15.6. The average molecular weight is 304 g/mol. The van der Waals surface area contributed by atoms with Crippen LogP contribution in [0, 0.1) is 0 Å². The minimum Gasteiger partial charge on any atom is -0.381 e. The number of carbonyl (C=O) groups is 1. The standard InChI is InChI=1S/C18H28N2O2/c1-15-17(9-5-12-19-15)20-18(21)10-6-13-22-14-11-16-7-3-2-4-8-16/h2-4,7-8,15,17,19H,5-6,9-14H2,1H3,(H,20,21). The van der Waals surface area contributed by atoms with E-state index in [1.54, 1.807) is 0 Å². The predicted octanol–water partition coefficient (Wildman–Crippen LogP) is 2.28. The van der Waals surface area contributed by atoms with Crippen LogP contribution in [0.4, 0.5) is 0 Å². The Morgan fingerprint density at radius 3 is 2.91 bits per heavy atom. The molecule has 1 aliphatic heterocycles. The lowest BCUT2D eigenvalue weighted by molar-refractivity contribution is -0.122. The quantitative estimate of drug-likeness (QED) is 0.725. The maximum absolute atomic E-state index is 11.9. The summed E-state index contributed by atoms with van der Waals surface area (Å²) < 4.78 is 5.61. The van der Waals surface area contributed by atoms with Gasteiger partial charge in [-0.1, -0.05) is 30.3 Å². The molecule has 4 heteroatoms. The molecule has 1 heterocycles. The average Bonchev–Trinajstić information content (AvgIpc) is 2.54. The zero-order valence-electron chi connectivity index (χ0n) is 13.5. The highest BCUT2D eigenvalue weighted by Gasteiger charge is 2.21. The van der Waals surface area contributed by atoms with E-state index < -0.39 is 0 Å². The monoisotopic (exact) mass is 304 g/mol. The second-order valence-electron chi connectivity index (χ2n) is 6.01. The highest BCUT2D eigenvalue weighted by molar-refractivity contribution is 5.76. The minimum absolute atomic E-state index is 0.146. The van der Waals surface area contributed by atoms with Crippen LogP contribution in [0.1, 0.15) is 38.2 Å². The molecule has 2 atom stereocenters. The van der Waals surface area contributed by atoms with Crippen molar-refractivity contribution in [1.82, 2.24) is 10.6 Å². The van der Waals surface area contributed by atoms with Gasteiger partial charge in [0.25, 0.3) is 0 Å². The minimum atomic E-state index is 0.146. The Hall–Kier alpha value is -1.39. The van der Waals surface area contributed by atoms with E-state index >= 15 is 0 Å². The van der Waals surface area contributed by atoms with Crippen molar-refractivity contribution in [2.75, 3.05) is 19.8 Å². The Bertz CT molecular complexity index is 436. The molecule has 1 fully saturated rings. The van der Waals surface area contributed by atoms with Crippen molar-refractivity contribution in [3.8, 4) is 0 Å². The van der Waals surface area contributed by atoms with Crippen LogP contribution in [0.25, 0.3) is 0 Å². The van der Waals surface area contributed by atoms with E-state index in [9.17, 15) is 4.79 Å². The maximum Gasteiger partial charge on any atom is 0.220 e. The van der Waals surface area contributed by atoms with E-state index in [4.69, 9.17) is 4.74 Å². The smallest absolute Gasteiger partial charge is 0.220 e. The first kappa shape index (κ1) is 17.0. The van der Waals surface area contributed by atoms with Crippen LogP contribution in [0.15, 0.2) is 30.3 Å². The van der Waals surface area contributed by atoms with E-state index in [1.165, 1.54) is 5.56 Å².